The van der Waals surface area contributed by atoms with Crippen molar-refractivity contribution in [1.29, 1.82) is 0 Å². The van der Waals surface area contributed by atoms with Gasteiger partial charge in [0.2, 0.25) is 0 Å². The molecule has 0 aliphatic heterocycles. The number of ether oxygens (including phenoxy) is 8. The van der Waals surface area contributed by atoms with Crippen LogP contribution < -0.4 is 48.5 Å². The number of amides is 4. The van der Waals surface area contributed by atoms with E-state index in [2.05, 4.69) is 66.0 Å². The molecule has 0 aromatic heterocycles. The molecule has 0 aliphatic rings. The topological polar surface area (TPSA) is 173 Å². The van der Waals surface area contributed by atoms with Gasteiger partial charge in [-0.3, -0.25) is 19.2 Å². The number of benzene rings is 4. The van der Waals surface area contributed by atoms with E-state index in [1.165, 1.54) is 218 Å². The Morgan fingerprint density at radius 2 is 0.369 bits per heavy atom. The van der Waals surface area contributed by atoms with Gasteiger partial charge in [0.05, 0.1) is 52.9 Å². The van der Waals surface area contributed by atoms with Crippen LogP contribution in [0.25, 0.3) is 0 Å². The highest BCUT2D eigenvalue weighted by Gasteiger charge is 2.25. The zero-order valence-electron chi connectivity index (χ0n) is 79.2. The molecule has 0 heterocycles. The van der Waals surface area contributed by atoms with Gasteiger partial charge in [-0.1, -0.05) is 364 Å². The first kappa shape index (κ1) is 107. The van der Waals surface area contributed by atoms with E-state index < -0.39 is 0 Å². The SMILES string of the molecule is CCCCCCCCCOc1ccc(C(=O)NCCN(CCN(CCNC(=O)c2ccc(OCCCCCCCCC)c(OCCCCCCCCC)c2)C(=O)c2ccc(OCCCCCCCCC)c(OCCCCCCCCC)c2)C(=O)c2ccc(OCCCCCCCCC)c(OCCCCCCCCC)c2)cc1OCCCCCCCCC. The van der Waals surface area contributed by atoms with Gasteiger partial charge in [0.15, 0.2) is 46.0 Å². The summed E-state index contributed by atoms with van der Waals surface area (Å²) in [5, 5.41) is 6.35. The summed E-state index contributed by atoms with van der Waals surface area (Å²) in [6, 6.07) is 21.8. The first-order valence-electron chi connectivity index (χ1n) is 50.8. The Balaban J connectivity index is 1.80. The van der Waals surface area contributed by atoms with Gasteiger partial charge in [0.25, 0.3) is 23.6 Å². The molecule has 0 bridgehead atoms. The van der Waals surface area contributed by atoms with Crippen LogP contribution in [-0.2, 0) is 0 Å². The van der Waals surface area contributed by atoms with Gasteiger partial charge in [-0.2, -0.15) is 0 Å². The first-order chi connectivity index (χ1) is 60.0. The maximum Gasteiger partial charge on any atom is 0.254 e. The van der Waals surface area contributed by atoms with Crippen molar-refractivity contribution in [2.75, 3.05) is 92.1 Å². The van der Waals surface area contributed by atoms with E-state index in [0.29, 0.717) is 121 Å². The molecule has 0 saturated carbocycles. The summed E-state index contributed by atoms with van der Waals surface area (Å²) in [6.07, 6.45) is 64.6. The number of hydrogen-bond acceptors (Lipinski definition) is 12. The highest BCUT2D eigenvalue weighted by Crippen LogP contribution is 2.35. The average molecular weight is 1700 g/mol. The van der Waals surface area contributed by atoms with Crippen molar-refractivity contribution in [3.63, 3.8) is 0 Å². The number of nitrogens with one attached hydrogen (secondary N) is 2. The zero-order chi connectivity index (χ0) is 87.4. The van der Waals surface area contributed by atoms with Crippen LogP contribution in [0.3, 0.4) is 0 Å². The van der Waals surface area contributed by atoms with Crippen LogP contribution in [0, 0.1) is 0 Å². The fourth-order valence-corrected chi connectivity index (χ4v) is 15.5. The number of hydrogen-bond donors (Lipinski definition) is 2. The standard InChI is InChI=1S/C106H178N4O12/c1-9-17-25-33-41-49-57-79-115-95-69-65-91(87-99(95)119-83-61-53-45-37-29-21-13-5)103(111)107-73-75-109(105(113)93-67-71-97(117-81-59-51-43-35-27-19-11-3)101(89-93)121-85-63-55-47-39-31-23-15-7)77-78-110(106(114)94-68-72-98(118-82-60-52-44-36-28-20-12-4)102(90-94)122-86-64-56-48-40-32-24-16-8)76-74-108-104(112)92-66-70-96(116-80-58-50-42-34-26-18-10-2)100(88-92)120-84-62-54-46-38-30-22-14-6/h65-72,87-90H,9-64,73-86H2,1-8H3,(H,107,111)(H,108,112). The third kappa shape index (κ3) is 51.6. The molecule has 122 heavy (non-hydrogen) atoms. The van der Waals surface area contributed by atoms with Crippen LogP contribution in [0.15, 0.2) is 72.8 Å². The molecule has 0 fully saturated rings. The van der Waals surface area contributed by atoms with Crippen molar-refractivity contribution >= 4 is 23.6 Å². The van der Waals surface area contributed by atoms with Crippen LogP contribution in [0.4, 0.5) is 0 Å². The maximum absolute atomic E-state index is 15.7. The molecule has 4 aromatic rings. The largest absolute Gasteiger partial charge is 0.490 e. The molecule has 0 unspecified atom stereocenters. The lowest BCUT2D eigenvalue weighted by Gasteiger charge is -2.29. The fourth-order valence-electron chi connectivity index (χ4n) is 15.5. The van der Waals surface area contributed by atoms with E-state index in [1.807, 2.05) is 48.5 Å². The van der Waals surface area contributed by atoms with E-state index in [1.54, 1.807) is 34.1 Å². The normalized spacial score (nSPS) is 11.2. The highest BCUT2D eigenvalue weighted by molar-refractivity contribution is 5.97. The molecule has 0 spiro atoms. The minimum Gasteiger partial charge on any atom is -0.490 e. The van der Waals surface area contributed by atoms with Gasteiger partial charge < -0.3 is 58.3 Å². The van der Waals surface area contributed by atoms with Crippen LogP contribution >= 0.6 is 0 Å². The Labute approximate surface area is 745 Å². The third-order valence-corrected chi connectivity index (χ3v) is 23.4. The van der Waals surface area contributed by atoms with Gasteiger partial charge >= 0.3 is 0 Å². The Bertz CT molecular complexity index is 3010. The summed E-state index contributed by atoms with van der Waals surface area (Å²) in [7, 11) is 0. The van der Waals surface area contributed by atoms with Crippen LogP contribution in [0.1, 0.15) is 456 Å². The highest BCUT2D eigenvalue weighted by atomic mass is 16.5. The fraction of sp³-hybridized carbons (Fsp3) is 0.736. The summed E-state index contributed by atoms with van der Waals surface area (Å²) in [6.45, 7) is 22.6. The van der Waals surface area contributed by atoms with Crippen molar-refractivity contribution in [3.05, 3.63) is 95.1 Å². The summed E-state index contributed by atoms with van der Waals surface area (Å²) in [4.78, 5) is 64.2. The van der Waals surface area contributed by atoms with E-state index in [-0.39, 0.29) is 62.9 Å². The zero-order valence-corrected chi connectivity index (χ0v) is 79.2. The van der Waals surface area contributed by atoms with Crippen molar-refractivity contribution in [1.82, 2.24) is 20.4 Å². The molecular formula is C106H178N4O12. The van der Waals surface area contributed by atoms with Gasteiger partial charge in [0, 0.05) is 61.5 Å². The minimum absolute atomic E-state index is 0.0709. The van der Waals surface area contributed by atoms with Gasteiger partial charge in [-0.25, -0.2) is 0 Å². The number of carbonyl (C=O) groups excluding carboxylic acids is 4. The minimum atomic E-state index is -0.315. The Kier molecular flexibility index (Phi) is 66.5. The molecule has 4 rings (SSSR count). The quantitative estimate of drug-likeness (QED) is 0.0401. The van der Waals surface area contributed by atoms with E-state index >= 15 is 9.59 Å². The predicted octanol–water partition coefficient (Wildman–Crippen LogP) is 29.2. The third-order valence-electron chi connectivity index (χ3n) is 23.4. The molecule has 0 radical (unpaired) electrons. The van der Waals surface area contributed by atoms with Gasteiger partial charge in [0.1, 0.15) is 0 Å². The van der Waals surface area contributed by atoms with E-state index in [9.17, 15) is 9.59 Å². The number of carbonyl (C=O) groups is 4. The number of nitrogens with zero attached hydrogens (tertiary/aromatic N) is 2. The first-order valence-corrected chi connectivity index (χ1v) is 50.8. The molecule has 0 aliphatic carbocycles. The average Bonchev–Trinajstić information content (AvgIpc) is 0.836. The maximum atomic E-state index is 15.7. The lowest BCUT2D eigenvalue weighted by molar-refractivity contribution is 0.0659. The van der Waals surface area contributed by atoms with Crippen LogP contribution in [0.5, 0.6) is 46.0 Å². The molecule has 2 N–H and O–H groups in total. The number of rotatable bonds is 85. The van der Waals surface area contributed by atoms with Crippen molar-refractivity contribution in [3.8, 4) is 46.0 Å². The van der Waals surface area contributed by atoms with Crippen LogP contribution in [0.2, 0.25) is 0 Å². The molecular weight excluding hydrogens is 1520 g/mol. The molecule has 4 amide bonds. The lowest BCUT2D eigenvalue weighted by Crippen LogP contribution is -2.46. The summed E-state index contributed by atoms with van der Waals surface area (Å²) in [5.74, 6) is 3.35. The molecule has 0 atom stereocenters. The van der Waals surface area contributed by atoms with Gasteiger partial charge in [-0.05, 0) is 124 Å². The van der Waals surface area contributed by atoms with Crippen molar-refractivity contribution in [2.24, 2.45) is 0 Å². The molecule has 694 valence electrons. The Morgan fingerprint density at radius 1 is 0.205 bits per heavy atom. The van der Waals surface area contributed by atoms with E-state index in [0.717, 1.165) is 141 Å². The smallest absolute Gasteiger partial charge is 0.254 e. The molecule has 16 heteroatoms. The summed E-state index contributed by atoms with van der Waals surface area (Å²) in [5.41, 5.74) is 1.63. The second kappa shape index (κ2) is 75.5. The molecule has 4 aromatic carbocycles. The van der Waals surface area contributed by atoms with Crippen molar-refractivity contribution in [2.45, 2.75) is 415 Å². The Hall–Kier alpha value is -6.84. The summed E-state index contributed by atoms with van der Waals surface area (Å²) >= 11 is 0. The molecule has 0 saturated heterocycles. The molecule has 16 nitrogen and oxygen atoms in total. The van der Waals surface area contributed by atoms with Crippen LogP contribution in [-0.4, -0.2) is 126 Å². The second-order valence-electron chi connectivity index (χ2n) is 34.5. The lowest BCUT2D eigenvalue weighted by atomic mass is 10.1. The second-order valence-corrected chi connectivity index (χ2v) is 34.5. The Morgan fingerprint density at radius 3 is 0.566 bits per heavy atom. The predicted molar refractivity (Wildman–Crippen MR) is 510 cm³/mol. The summed E-state index contributed by atoms with van der Waals surface area (Å²) < 4.78 is 52.1. The number of unbranched alkanes of at least 4 members (excludes halogenated alkanes) is 48. The van der Waals surface area contributed by atoms with E-state index in [4.69, 9.17) is 37.9 Å². The van der Waals surface area contributed by atoms with Gasteiger partial charge in [-0.15, -0.1) is 0 Å². The van der Waals surface area contributed by atoms with Crippen molar-refractivity contribution < 1.29 is 57.1 Å². The monoisotopic (exact) mass is 1700 g/mol.